The Hall–Kier alpha value is -3.11. The zero-order chi connectivity index (χ0) is 41.2. The largest absolute Gasteiger partial charge is 0.472 e. The summed E-state index contributed by atoms with van der Waals surface area (Å²) in [5.74, 6) is -0.992. The number of carbonyl (C=O) groups excluding carboxylic acids is 2. The summed E-state index contributed by atoms with van der Waals surface area (Å²) in [5.41, 5.74) is 5.33. The van der Waals surface area contributed by atoms with Crippen molar-refractivity contribution in [3.05, 3.63) is 97.2 Å². The maximum Gasteiger partial charge on any atom is 0.472 e. The van der Waals surface area contributed by atoms with Gasteiger partial charge in [-0.25, -0.2) is 4.57 Å². The number of nitrogens with two attached hydrogens (primary N) is 1. The maximum atomic E-state index is 12.5. The maximum absolute atomic E-state index is 12.5. The number of allylic oxidation sites excluding steroid dienone is 15. The van der Waals surface area contributed by atoms with Crippen LogP contribution in [0, 0.1) is 0 Å². The fourth-order valence-electron chi connectivity index (χ4n) is 4.93. The molecular weight excluding hydrogens is 729 g/mol. The van der Waals surface area contributed by atoms with Crippen LogP contribution in [-0.2, 0) is 32.7 Å². The zero-order valence-electron chi connectivity index (χ0n) is 34.4. The molecule has 0 aliphatic rings. The smallest absolute Gasteiger partial charge is 0.462 e. The molecule has 11 heteroatoms. The SMILES string of the molecule is CCCCC/C=C\C/C=C\C/C=C\C/C=C\CCCC(=O)O[C@H](COC(=O)CCC/C=C\C/C=C\C/C=C\C/C=C\CC(O)CCC)COP(=O)(O)OCCN. The Morgan fingerprint density at radius 1 is 0.607 bits per heavy atom. The van der Waals surface area contributed by atoms with E-state index in [-0.39, 0.29) is 38.7 Å². The number of ether oxygens (including phenoxy) is 2. The quantitative estimate of drug-likeness (QED) is 0.0239. The number of hydrogen-bond donors (Lipinski definition) is 3. The van der Waals surface area contributed by atoms with Gasteiger partial charge >= 0.3 is 19.8 Å². The molecule has 0 aliphatic carbocycles. The van der Waals surface area contributed by atoms with Gasteiger partial charge in [-0.15, -0.1) is 0 Å². The lowest BCUT2D eigenvalue weighted by Gasteiger charge is -2.19. The highest BCUT2D eigenvalue weighted by Gasteiger charge is 2.25. The highest BCUT2D eigenvalue weighted by Crippen LogP contribution is 2.43. The lowest BCUT2D eigenvalue weighted by Crippen LogP contribution is -2.29. The Balaban J connectivity index is 4.42. The van der Waals surface area contributed by atoms with Gasteiger partial charge in [0.2, 0.25) is 0 Å². The Bertz CT molecular complexity index is 1250. The summed E-state index contributed by atoms with van der Waals surface area (Å²) >= 11 is 0. The van der Waals surface area contributed by atoms with Crippen molar-refractivity contribution in [3.63, 3.8) is 0 Å². The van der Waals surface area contributed by atoms with Crippen LogP contribution >= 0.6 is 7.82 Å². The van der Waals surface area contributed by atoms with E-state index in [1.807, 2.05) is 24.3 Å². The van der Waals surface area contributed by atoms with Crippen LogP contribution in [0.5, 0.6) is 0 Å². The molecule has 0 spiro atoms. The molecule has 0 fully saturated rings. The highest BCUT2D eigenvalue weighted by molar-refractivity contribution is 7.47. The summed E-state index contributed by atoms with van der Waals surface area (Å²) in [7, 11) is -4.42. The molecule has 318 valence electrons. The van der Waals surface area contributed by atoms with E-state index in [0.29, 0.717) is 32.1 Å². The fourth-order valence-corrected chi connectivity index (χ4v) is 5.69. The predicted octanol–water partition coefficient (Wildman–Crippen LogP) is 10.8. The fraction of sp³-hybridized carbons (Fsp3) is 0.600. The van der Waals surface area contributed by atoms with Gasteiger partial charge in [0.15, 0.2) is 6.10 Å². The van der Waals surface area contributed by atoms with Gasteiger partial charge in [-0.1, -0.05) is 130 Å². The molecular formula is C45H74NO9P. The van der Waals surface area contributed by atoms with Crippen molar-refractivity contribution in [1.29, 1.82) is 0 Å². The van der Waals surface area contributed by atoms with E-state index in [4.69, 9.17) is 24.3 Å². The summed E-state index contributed by atoms with van der Waals surface area (Å²) in [6.07, 6.45) is 48.0. The lowest BCUT2D eigenvalue weighted by atomic mass is 10.1. The lowest BCUT2D eigenvalue weighted by molar-refractivity contribution is -0.161. The minimum Gasteiger partial charge on any atom is -0.462 e. The van der Waals surface area contributed by atoms with E-state index >= 15 is 0 Å². The zero-order valence-corrected chi connectivity index (χ0v) is 35.3. The van der Waals surface area contributed by atoms with Crippen molar-refractivity contribution >= 4 is 19.8 Å². The molecule has 0 saturated heterocycles. The molecule has 2 unspecified atom stereocenters. The molecule has 0 aromatic heterocycles. The minimum absolute atomic E-state index is 0.0263. The van der Waals surface area contributed by atoms with Gasteiger partial charge in [0.05, 0.1) is 19.3 Å². The average Bonchev–Trinajstić information content (AvgIpc) is 3.17. The molecule has 4 N–H and O–H groups in total. The minimum atomic E-state index is -4.42. The van der Waals surface area contributed by atoms with Gasteiger partial charge in [-0.05, 0) is 89.9 Å². The highest BCUT2D eigenvalue weighted by atomic mass is 31.2. The van der Waals surface area contributed by atoms with Crippen LogP contribution in [-0.4, -0.2) is 60.5 Å². The monoisotopic (exact) mass is 804 g/mol. The standard InChI is InChI=1S/C45H74NO9P/c1-3-5-6-7-8-9-10-11-12-13-14-17-21-24-27-30-33-37-45(49)55-43(41-54-56(50,51)53-39-38-46)40-52-44(48)36-32-29-26-23-20-18-15-16-19-22-25-28-31-35-42(47)34-4-2/h8-9,11-12,14-15,17-19,22-24,26-28,31,42-43,47H,3-7,10,13,16,20-21,25,29-30,32-41,46H2,1-2H3,(H,50,51)/b9-8-,12-11-,17-14-,18-15-,22-19-,26-23-,27-24-,31-28-/t42?,43-/m1/s1. The van der Waals surface area contributed by atoms with Crippen LogP contribution < -0.4 is 5.73 Å². The van der Waals surface area contributed by atoms with Crippen molar-refractivity contribution in [1.82, 2.24) is 0 Å². The van der Waals surface area contributed by atoms with Crippen molar-refractivity contribution in [2.75, 3.05) is 26.4 Å². The summed E-state index contributed by atoms with van der Waals surface area (Å²) in [6, 6.07) is 0. The summed E-state index contributed by atoms with van der Waals surface area (Å²) in [4.78, 5) is 34.8. The second kappa shape index (κ2) is 40.1. The molecule has 0 bridgehead atoms. The molecule has 0 saturated carbocycles. The summed E-state index contributed by atoms with van der Waals surface area (Å²) in [6.45, 7) is 3.33. The van der Waals surface area contributed by atoms with E-state index < -0.39 is 32.5 Å². The van der Waals surface area contributed by atoms with E-state index in [1.54, 1.807) is 0 Å². The van der Waals surface area contributed by atoms with E-state index in [1.165, 1.54) is 19.3 Å². The molecule has 0 aromatic carbocycles. The van der Waals surface area contributed by atoms with Crippen molar-refractivity contribution in [2.45, 2.75) is 148 Å². The molecule has 0 aliphatic heterocycles. The van der Waals surface area contributed by atoms with E-state index in [9.17, 15) is 24.2 Å². The molecule has 3 atom stereocenters. The first-order valence-electron chi connectivity index (χ1n) is 20.8. The van der Waals surface area contributed by atoms with Gasteiger partial charge in [0, 0.05) is 19.4 Å². The number of aliphatic hydroxyl groups excluding tert-OH is 1. The molecule has 0 radical (unpaired) electrons. The number of phosphoric ester groups is 1. The Morgan fingerprint density at radius 2 is 1.07 bits per heavy atom. The van der Waals surface area contributed by atoms with Crippen LogP contribution in [0.3, 0.4) is 0 Å². The first-order chi connectivity index (χ1) is 27.2. The van der Waals surface area contributed by atoms with Crippen molar-refractivity contribution in [2.24, 2.45) is 5.73 Å². The molecule has 0 heterocycles. The van der Waals surface area contributed by atoms with Crippen LogP contribution in [0.2, 0.25) is 0 Å². The molecule has 10 nitrogen and oxygen atoms in total. The third-order valence-electron chi connectivity index (χ3n) is 8.00. The van der Waals surface area contributed by atoms with Crippen LogP contribution in [0.15, 0.2) is 97.2 Å². The third-order valence-corrected chi connectivity index (χ3v) is 8.98. The number of rotatable bonds is 37. The molecule has 56 heavy (non-hydrogen) atoms. The van der Waals surface area contributed by atoms with Crippen LogP contribution in [0.1, 0.15) is 136 Å². The predicted molar refractivity (Wildman–Crippen MR) is 230 cm³/mol. The van der Waals surface area contributed by atoms with Crippen LogP contribution in [0.4, 0.5) is 0 Å². The first kappa shape index (κ1) is 52.9. The van der Waals surface area contributed by atoms with Gasteiger partial charge in [-0.3, -0.25) is 18.6 Å². The van der Waals surface area contributed by atoms with Crippen molar-refractivity contribution < 1.29 is 42.7 Å². The number of carbonyl (C=O) groups is 2. The molecule has 0 amide bonds. The Kier molecular flexibility index (Phi) is 37.9. The third kappa shape index (κ3) is 39.1. The van der Waals surface area contributed by atoms with Gasteiger partial charge in [-0.2, -0.15) is 0 Å². The van der Waals surface area contributed by atoms with Crippen molar-refractivity contribution in [3.8, 4) is 0 Å². The van der Waals surface area contributed by atoms with Gasteiger partial charge < -0.3 is 25.2 Å². The number of hydrogen-bond acceptors (Lipinski definition) is 9. The Labute approximate surface area is 339 Å². The summed E-state index contributed by atoms with van der Waals surface area (Å²) < 4.78 is 32.6. The van der Waals surface area contributed by atoms with E-state index in [0.717, 1.165) is 57.8 Å². The number of unbranched alkanes of at least 4 members (excludes halogenated alkanes) is 5. The topological polar surface area (TPSA) is 155 Å². The number of esters is 2. The van der Waals surface area contributed by atoms with E-state index in [2.05, 4.69) is 86.8 Å². The molecule has 0 aromatic rings. The normalized spacial score (nSPS) is 14.9. The van der Waals surface area contributed by atoms with Crippen LogP contribution in [0.25, 0.3) is 0 Å². The molecule has 0 rings (SSSR count). The number of aliphatic hydroxyl groups is 1. The Morgan fingerprint density at radius 3 is 1.55 bits per heavy atom. The second-order valence-corrected chi connectivity index (χ2v) is 14.8. The van der Waals surface area contributed by atoms with Gasteiger partial charge in [0.1, 0.15) is 6.61 Å². The number of phosphoric acid groups is 1. The van der Waals surface area contributed by atoms with Gasteiger partial charge in [0.25, 0.3) is 0 Å². The second-order valence-electron chi connectivity index (χ2n) is 13.3. The first-order valence-corrected chi connectivity index (χ1v) is 22.3. The average molecular weight is 804 g/mol. The summed E-state index contributed by atoms with van der Waals surface area (Å²) in [5, 5.41) is 9.72.